The summed E-state index contributed by atoms with van der Waals surface area (Å²) >= 11 is 0. The normalized spacial score (nSPS) is 13.5. The van der Waals surface area contributed by atoms with Crippen molar-refractivity contribution in [1.82, 2.24) is 4.98 Å². The van der Waals surface area contributed by atoms with E-state index in [0.29, 0.717) is 11.7 Å². The lowest BCUT2D eigenvalue weighted by Crippen LogP contribution is -2.29. The zero-order chi connectivity index (χ0) is 20.6. The van der Waals surface area contributed by atoms with Gasteiger partial charge in [0.2, 0.25) is 0 Å². The second kappa shape index (κ2) is 9.82. The van der Waals surface area contributed by atoms with Crippen molar-refractivity contribution < 1.29 is 19.1 Å². The number of hydrogen-bond donors (Lipinski definition) is 1. The number of hydrogen-bond acceptors (Lipinski definition) is 7. The minimum atomic E-state index is -1.19. The number of aliphatic imine (C=N–C) groups is 1. The molecule has 1 heterocycles. The zero-order valence-electron chi connectivity index (χ0n) is 16.6. The van der Waals surface area contributed by atoms with Gasteiger partial charge < -0.3 is 14.8 Å². The standard InChI is InChI=1S/C22H25N3O4/c1-3-28-21(26)19(22(27)29-4-2)14-23-17-9-10-20(24-13-17)25-18-11-15-7-5-6-8-16(15)12-18/h5-10,13-14,18-19H,3-4,11-12H2,1-2H3,(H,24,25). The highest BCUT2D eigenvalue weighted by molar-refractivity contribution is 6.09. The first-order valence-corrected chi connectivity index (χ1v) is 9.77. The molecule has 1 aliphatic carbocycles. The van der Waals surface area contributed by atoms with Gasteiger partial charge in [0.1, 0.15) is 5.82 Å². The minimum Gasteiger partial charge on any atom is -0.465 e. The summed E-state index contributed by atoms with van der Waals surface area (Å²) in [5, 5.41) is 3.44. The van der Waals surface area contributed by atoms with Gasteiger partial charge in [0.05, 0.1) is 25.1 Å². The summed E-state index contributed by atoms with van der Waals surface area (Å²) in [7, 11) is 0. The maximum absolute atomic E-state index is 12.0. The molecular weight excluding hydrogens is 370 g/mol. The van der Waals surface area contributed by atoms with E-state index >= 15 is 0 Å². The lowest BCUT2D eigenvalue weighted by Gasteiger charge is -2.12. The van der Waals surface area contributed by atoms with Gasteiger partial charge in [-0.05, 0) is 49.9 Å². The average molecular weight is 395 g/mol. The van der Waals surface area contributed by atoms with Crippen LogP contribution in [0.2, 0.25) is 0 Å². The van der Waals surface area contributed by atoms with Crippen molar-refractivity contribution >= 4 is 29.7 Å². The van der Waals surface area contributed by atoms with Crippen molar-refractivity contribution in [2.45, 2.75) is 32.7 Å². The molecule has 1 N–H and O–H groups in total. The average Bonchev–Trinajstić information content (AvgIpc) is 3.12. The highest BCUT2D eigenvalue weighted by atomic mass is 16.6. The van der Waals surface area contributed by atoms with E-state index in [1.165, 1.54) is 17.3 Å². The number of carbonyl (C=O) groups is 2. The number of nitrogens with zero attached hydrogens (tertiary/aromatic N) is 2. The summed E-state index contributed by atoms with van der Waals surface area (Å²) in [5.41, 5.74) is 3.27. The predicted molar refractivity (Wildman–Crippen MR) is 110 cm³/mol. The molecule has 0 saturated heterocycles. The largest absolute Gasteiger partial charge is 0.465 e. The number of benzene rings is 1. The van der Waals surface area contributed by atoms with E-state index in [1.54, 1.807) is 26.1 Å². The topological polar surface area (TPSA) is 89.9 Å². The van der Waals surface area contributed by atoms with Gasteiger partial charge >= 0.3 is 11.9 Å². The predicted octanol–water partition coefficient (Wildman–Crippen LogP) is 3.11. The molecule has 3 rings (SSSR count). The van der Waals surface area contributed by atoms with E-state index in [4.69, 9.17) is 9.47 Å². The fraction of sp³-hybridized carbons (Fsp3) is 0.364. The quantitative estimate of drug-likeness (QED) is 0.420. The Morgan fingerprint density at radius 1 is 1.10 bits per heavy atom. The molecule has 29 heavy (non-hydrogen) atoms. The molecule has 0 aliphatic heterocycles. The van der Waals surface area contributed by atoms with Crippen molar-refractivity contribution in [1.29, 1.82) is 0 Å². The third-order valence-corrected chi connectivity index (χ3v) is 4.60. The zero-order valence-corrected chi connectivity index (χ0v) is 16.6. The molecule has 0 radical (unpaired) electrons. The molecule has 7 nitrogen and oxygen atoms in total. The van der Waals surface area contributed by atoms with Crippen molar-refractivity contribution in [3.05, 3.63) is 53.7 Å². The van der Waals surface area contributed by atoms with Gasteiger partial charge in [-0.25, -0.2) is 4.98 Å². The molecule has 0 bridgehead atoms. The molecule has 0 spiro atoms. The van der Waals surface area contributed by atoms with E-state index in [0.717, 1.165) is 18.7 Å². The Morgan fingerprint density at radius 2 is 1.72 bits per heavy atom. The van der Waals surface area contributed by atoms with Crippen LogP contribution in [0.1, 0.15) is 25.0 Å². The number of esters is 2. The lowest BCUT2D eigenvalue weighted by atomic mass is 10.1. The first-order chi connectivity index (χ1) is 14.1. The Labute approximate surface area is 170 Å². The van der Waals surface area contributed by atoms with Crippen LogP contribution in [-0.2, 0) is 31.9 Å². The third-order valence-electron chi connectivity index (χ3n) is 4.60. The second-order valence-corrected chi connectivity index (χ2v) is 6.68. The van der Waals surface area contributed by atoms with Crippen LogP contribution in [0, 0.1) is 5.92 Å². The summed E-state index contributed by atoms with van der Waals surface area (Å²) < 4.78 is 9.85. The Balaban J connectivity index is 1.61. The smallest absolute Gasteiger partial charge is 0.325 e. The van der Waals surface area contributed by atoms with Gasteiger partial charge in [-0.3, -0.25) is 14.6 Å². The number of carbonyl (C=O) groups excluding carboxylic acids is 2. The van der Waals surface area contributed by atoms with Gasteiger partial charge in [0.15, 0.2) is 5.92 Å². The van der Waals surface area contributed by atoms with Crippen LogP contribution < -0.4 is 5.32 Å². The molecule has 0 atom stereocenters. The molecule has 0 unspecified atom stereocenters. The maximum atomic E-state index is 12.0. The van der Waals surface area contributed by atoms with E-state index in [2.05, 4.69) is 39.6 Å². The Kier molecular flexibility index (Phi) is 6.94. The Bertz CT molecular complexity index is 837. The van der Waals surface area contributed by atoms with E-state index in [9.17, 15) is 9.59 Å². The number of aromatic nitrogens is 1. The molecule has 0 amide bonds. The first kappa shape index (κ1) is 20.5. The van der Waals surface area contributed by atoms with E-state index in [1.807, 2.05) is 6.07 Å². The lowest BCUT2D eigenvalue weighted by molar-refractivity contribution is -0.157. The molecular formula is C22H25N3O4. The third kappa shape index (κ3) is 5.40. The molecule has 1 aliphatic rings. The summed E-state index contributed by atoms with van der Waals surface area (Å²) in [6.07, 6.45) is 4.78. The molecule has 1 aromatic carbocycles. The van der Waals surface area contributed by atoms with Crippen LogP contribution in [0.4, 0.5) is 11.5 Å². The number of fused-ring (bicyclic) bond motifs is 1. The highest BCUT2D eigenvalue weighted by Crippen LogP contribution is 2.24. The summed E-state index contributed by atoms with van der Waals surface area (Å²) in [4.78, 5) is 32.6. The number of pyridine rings is 1. The summed E-state index contributed by atoms with van der Waals surface area (Å²) in [5.74, 6) is -1.79. The number of ether oxygens (including phenoxy) is 2. The highest BCUT2D eigenvalue weighted by Gasteiger charge is 2.27. The van der Waals surface area contributed by atoms with Gasteiger partial charge in [0.25, 0.3) is 0 Å². The van der Waals surface area contributed by atoms with Crippen molar-refractivity contribution in [3.63, 3.8) is 0 Å². The molecule has 1 aromatic heterocycles. The fourth-order valence-corrected chi connectivity index (χ4v) is 3.26. The molecule has 0 saturated carbocycles. The summed E-state index contributed by atoms with van der Waals surface area (Å²) in [6.45, 7) is 3.70. The Hall–Kier alpha value is -3.22. The van der Waals surface area contributed by atoms with E-state index in [-0.39, 0.29) is 13.2 Å². The van der Waals surface area contributed by atoms with Crippen molar-refractivity contribution in [3.8, 4) is 0 Å². The van der Waals surface area contributed by atoms with Crippen molar-refractivity contribution in [2.75, 3.05) is 18.5 Å². The monoisotopic (exact) mass is 395 g/mol. The summed E-state index contributed by atoms with van der Waals surface area (Å²) in [6, 6.07) is 12.4. The van der Waals surface area contributed by atoms with Gasteiger partial charge in [-0.2, -0.15) is 0 Å². The van der Waals surface area contributed by atoms with Crippen LogP contribution in [0.3, 0.4) is 0 Å². The number of nitrogens with one attached hydrogen (secondary N) is 1. The van der Waals surface area contributed by atoms with Crippen LogP contribution >= 0.6 is 0 Å². The van der Waals surface area contributed by atoms with Crippen LogP contribution in [0.5, 0.6) is 0 Å². The SMILES string of the molecule is CCOC(=O)C(C=Nc1ccc(NC2Cc3ccccc3C2)nc1)C(=O)OCC. The maximum Gasteiger partial charge on any atom is 0.325 e. The fourth-order valence-electron chi connectivity index (χ4n) is 3.26. The molecule has 2 aromatic rings. The Morgan fingerprint density at radius 3 is 2.24 bits per heavy atom. The van der Waals surface area contributed by atoms with Crippen LogP contribution in [0.15, 0.2) is 47.6 Å². The van der Waals surface area contributed by atoms with Gasteiger partial charge in [0, 0.05) is 12.3 Å². The molecule has 7 heteroatoms. The van der Waals surface area contributed by atoms with Gasteiger partial charge in [-0.15, -0.1) is 0 Å². The number of rotatable bonds is 8. The van der Waals surface area contributed by atoms with Crippen molar-refractivity contribution in [2.24, 2.45) is 10.9 Å². The minimum absolute atomic E-state index is 0.176. The van der Waals surface area contributed by atoms with E-state index < -0.39 is 17.9 Å². The van der Waals surface area contributed by atoms with Crippen LogP contribution in [-0.4, -0.2) is 42.4 Å². The number of anilines is 1. The second-order valence-electron chi connectivity index (χ2n) is 6.68. The molecule has 0 fully saturated rings. The van der Waals surface area contributed by atoms with Gasteiger partial charge in [-0.1, -0.05) is 24.3 Å². The van der Waals surface area contributed by atoms with Crippen LogP contribution in [0.25, 0.3) is 0 Å². The first-order valence-electron chi connectivity index (χ1n) is 9.77. The molecule has 152 valence electrons.